The molecule has 1 aliphatic heterocycles. The summed E-state index contributed by atoms with van der Waals surface area (Å²) in [6.45, 7) is 0.621. The highest BCUT2D eigenvalue weighted by atomic mass is 16.5. The Kier molecular flexibility index (Phi) is 5.30. The second-order valence-electron chi connectivity index (χ2n) is 5.49. The van der Waals surface area contributed by atoms with Crippen LogP contribution in [0, 0.1) is 0 Å². The predicted octanol–water partition coefficient (Wildman–Crippen LogP) is 2.35. The summed E-state index contributed by atoms with van der Waals surface area (Å²) >= 11 is 0. The number of anilines is 3. The fraction of sp³-hybridized carbons (Fsp3) is 0.353. The van der Waals surface area contributed by atoms with Crippen molar-refractivity contribution in [2.24, 2.45) is 0 Å². The van der Waals surface area contributed by atoms with E-state index in [1.54, 1.807) is 32.4 Å². The van der Waals surface area contributed by atoms with E-state index in [4.69, 9.17) is 14.2 Å². The zero-order valence-corrected chi connectivity index (χ0v) is 14.1. The van der Waals surface area contributed by atoms with Crippen molar-refractivity contribution in [1.29, 1.82) is 0 Å². The molecule has 1 fully saturated rings. The molecule has 25 heavy (non-hydrogen) atoms. The molecule has 1 aliphatic rings. The number of carbonyl (C=O) groups excluding carboxylic acids is 1. The number of hydrogen-bond donors (Lipinski definition) is 2. The molecule has 1 aromatic heterocycles. The number of nitrogens with one attached hydrogen (secondary N) is 2. The molecular formula is C17H20N4O4. The standard InChI is InChI=1S/C17H20N4O4/c1-23-11-5-6-12(14(10-11)24-2)18-15-7-8-16(21-20-15)19-17(22)13-4-3-9-25-13/h5-8,10,13H,3-4,9H2,1-2H3,(H,18,20)(H,19,21,22). The average Bonchev–Trinajstić information content (AvgIpc) is 3.18. The molecule has 1 aromatic carbocycles. The Labute approximate surface area is 145 Å². The lowest BCUT2D eigenvalue weighted by molar-refractivity contribution is -0.124. The maximum absolute atomic E-state index is 12.0. The first kappa shape index (κ1) is 17.0. The van der Waals surface area contributed by atoms with Crippen LogP contribution >= 0.6 is 0 Å². The van der Waals surface area contributed by atoms with E-state index in [9.17, 15) is 4.79 Å². The zero-order chi connectivity index (χ0) is 17.6. The van der Waals surface area contributed by atoms with E-state index in [1.807, 2.05) is 12.1 Å². The van der Waals surface area contributed by atoms with Crippen LogP contribution in [0.2, 0.25) is 0 Å². The number of methoxy groups -OCH3 is 2. The number of rotatable bonds is 6. The first-order chi connectivity index (χ1) is 12.2. The molecule has 2 heterocycles. The molecule has 0 spiro atoms. The molecule has 3 rings (SSSR count). The van der Waals surface area contributed by atoms with E-state index in [2.05, 4.69) is 20.8 Å². The van der Waals surface area contributed by atoms with Crippen molar-refractivity contribution in [1.82, 2.24) is 10.2 Å². The number of nitrogens with zero attached hydrogens (tertiary/aromatic N) is 2. The molecular weight excluding hydrogens is 324 g/mol. The molecule has 0 bridgehead atoms. The van der Waals surface area contributed by atoms with Gasteiger partial charge in [0.2, 0.25) is 0 Å². The van der Waals surface area contributed by atoms with Crippen LogP contribution in [0.3, 0.4) is 0 Å². The largest absolute Gasteiger partial charge is 0.497 e. The maximum Gasteiger partial charge on any atom is 0.254 e. The normalized spacial score (nSPS) is 16.3. The van der Waals surface area contributed by atoms with Crippen LogP contribution in [0.25, 0.3) is 0 Å². The summed E-state index contributed by atoms with van der Waals surface area (Å²) in [6.07, 6.45) is 1.23. The van der Waals surface area contributed by atoms with Crippen molar-refractivity contribution in [2.75, 3.05) is 31.5 Å². The highest BCUT2D eigenvalue weighted by Gasteiger charge is 2.23. The van der Waals surface area contributed by atoms with Crippen molar-refractivity contribution in [3.8, 4) is 11.5 Å². The number of ether oxygens (including phenoxy) is 3. The van der Waals surface area contributed by atoms with Crippen molar-refractivity contribution < 1.29 is 19.0 Å². The third-order valence-corrected chi connectivity index (χ3v) is 3.81. The molecule has 0 radical (unpaired) electrons. The Morgan fingerprint density at radius 1 is 1.16 bits per heavy atom. The molecule has 8 nitrogen and oxygen atoms in total. The van der Waals surface area contributed by atoms with Gasteiger partial charge < -0.3 is 24.8 Å². The molecule has 1 saturated heterocycles. The van der Waals surface area contributed by atoms with Crippen LogP contribution in [-0.4, -0.2) is 43.0 Å². The molecule has 0 saturated carbocycles. The van der Waals surface area contributed by atoms with Crippen LogP contribution in [0.15, 0.2) is 30.3 Å². The maximum atomic E-state index is 12.0. The SMILES string of the molecule is COc1ccc(Nc2ccc(NC(=O)C3CCCO3)nn2)c(OC)c1. The average molecular weight is 344 g/mol. The summed E-state index contributed by atoms with van der Waals surface area (Å²) in [6, 6.07) is 8.81. The minimum Gasteiger partial charge on any atom is -0.497 e. The van der Waals surface area contributed by atoms with Gasteiger partial charge >= 0.3 is 0 Å². The number of carbonyl (C=O) groups is 1. The van der Waals surface area contributed by atoms with Crippen LogP contribution in [0.1, 0.15) is 12.8 Å². The Bertz CT molecular complexity index is 730. The van der Waals surface area contributed by atoms with Gasteiger partial charge in [-0.05, 0) is 37.1 Å². The van der Waals surface area contributed by atoms with E-state index in [0.717, 1.165) is 18.5 Å². The fourth-order valence-corrected chi connectivity index (χ4v) is 2.50. The van der Waals surface area contributed by atoms with Gasteiger partial charge in [0.25, 0.3) is 5.91 Å². The number of benzene rings is 1. The van der Waals surface area contributed by atoms with Gasteiger partial charge in [-0.25, -0.2) is 0 Å². The van der Waals surface area contributed by atoms with Gasteiger partial charge in [-0.1, -0.05) is 0 Å². The highest BCUT2D eigenvalue weighted by molar-refractivity contribution is 5.93. The summed E-state index contributed by atoms with van der Waals surface area (Å²) < 4.78 is 15.8. The molecule has 1 unspecified atom stereocenters. The minimum atomic E-state index is -0.400. The number of hydrogen-bond acceptors (Lipinski definition) is 7. The summed E-state index contributed by atoms with van der Waals surface area (Å²) in [4.78, 5) is 12.0. The number of amides is 1. The Morgan fingerprint density at radius 3 is 2.60 bits per heavy atom. The molecule has 1 amide bonds. The molecule has 8 heteroatoms. The van der Waals surface area contributed by atoms with Gasteiger partial charge in [0, 0.05) is 12.7 Å². The van der Waals surface area contributed by atoms with Gasteiger partial charge in [0.05, 0.1) is 19.9 Å². The monoisotopic (exact) mass is 344 g/mol. The van der Waals surface area contributed by atoms with E-state index < -0.39 is 6.10 Å². The molecule has 1 atom stereocenters. The quantitative estimate of drug-likeness (QED) is 0.830. The van der Waals surface area contributed by atoms with Crippen LogP contribution in [0.4, 0.5) is 17.3 Å². The molecule has 2 N–H and O–H groups in total. The van der Waals surface area contributed by atoms with E-state index in [0.29, 0.717) is 29.7 Å². The van der Waals surface area contributed by atoms with Gasteiger partial charge in [-0.3, -0.25) is 4.79 Å². The molecule has 0 aliphatic carbocycles. The lowest BCUT2D eigenvalue weighted by Crippen LogP contribution is -2.27. The lowest BCUT2D eigenvalue weighted by Gasteiger charge is -2.12. The fourth-order valence-electron chi connectivity index (χ4n) is 2.50. The van der Waals surface area contributed by atoms with Crippen LogP contribution < -0.4 is 20.1 Å². The Morgan fingerprint density at radius 2 is 1.96 bits per heavy atom. The van der Waals surface area contributed by atoms with Crippen molar-refractivity contribution in [2.45, 2.75) is 18.9 Å². The smallest absolute Gasteiger partial charge is 0.254 e. The van der Waals surface area contributed by atoms with Gasteiger partial charge in [0.15, 0.2) is 11.6 Å². The van der Waals surface area contributed by atoms with E-state index in [1.165, 1.54) is 0 Å². The summed E-state index contributed by atoms with van der Waals surface area (Å²) in [5.74, 6) is 2.04. The van der Waals surface area contributed by atoms with Crippen molar-refractivity contribution in [3.05, 3.63) is 30.3 Å². The second-order valence-corrected chi connectivity index (χ2v) is 5.49. The third-order valence-electron chi connectivity index (χ3n) is 3.81. The summed E-state index contributed by atoms with van der Waals surface area (Å²) in [7, 11) is 3.17. The Hall–Kier alpha value is -2.87. The lowest BCUT2D eigenvalue weighted by atomic mass is 10.2. The summed E-state index contributed by atoms with van der Waals surface area (Å²) in [5.41, 5.74) is 0.730. The molecule has 132 valence electrons. The predicted molar refractivity (Wildman–Crippen MR) is 92.5 cm³/mol. The van der Waals surface area contributed by atoms with E-state index >= 15 is 0 Å². The Balaban J connectivity index is 1.65. The summed E-state index contributed by atoms with van der Waals surface area (Å²) in [5, 5.41) is 13.9. The first-order valence-electron chi connectivity index (χ1n) is 7.95. The van der Waals surface area contributed by atoms with Gasteiger partial charge in [-0.2, -0.15) is 0 Å². The second kappa shape index (κ2) is 7.80. The van der Waals surface area contributed by atoms with E-state index in [-0.39, 0.29) is 5.91 Å². The topological polar surface area (TPSA) is 94.6 Å². The molecule has 2 aromatic rings. The third kappa shape index (κ3) is 4.16. The van der Waals surface area contributed by atoms with Crippen molar-refractivity contribution >= 4 is 23.2 Å². The zero-order valence-electron chi connectivity index (χ0n) is 14.1. The van der Waals surface area contributed by atoms with Gasteiger partial charge in [-0.15, -0.1) is 10.2 Å². The first-order valence-corrected chi connectivity index (χ1v) is 7.95. The highest BCUT2D eigenvalue weighted by Crippen LogP contribution is 2.30. The minimum absolute atomic E-state index is 0.190. The van der Waals surface area contributed by atoms with Crippen LogP contribution in [0.5, 0.6) is 11.5 Å². The van der Waals surface area contributed by atoms with Gasteiger partial charge in [0.1, 0.15) is 17.6 Å². The number of aromatic nitrogens is 2. The van der Waals surface area contributed by atoms with Crippen LogP contribution in [-0.2, 0) is 9.53 Å². The van der Waals surface area contributed by atoms with Crippen molar-refractivity contribution in [3.63, 3.8) is 0 Å².